The standard InChI is InChI=1S/C14H16FN3O2S.ClH/c1-20-11(7-16)6-13(19)18-14-17-12(8-21-14)9-3-2-4-10(15)5-9;/h2-5,8,11H,6-7,16H2,1H3,(H,17,18,19);1H. The first-order valence-electron chi connectivity index (χ1n) is 6.36. The van der Waals surface area contributed by atoms with Crippen molar-refractivity contribution in [3.8, 4) is 11.3 Å². The van der Waals surface area contributed by atoms with Gasteiger partial charge in [-0.3, -0.25) is 4.79 Å². The number of methoxy groups -OCH3 is 1. The molecule has 8 heteroatoms. The van der Waals surface area contributed by atoms with Crippen LogP contribution in [0.5, 0.6) is 0 Å². The van der Waals surface area contributed by atoms with Crippen molar-refractivity contribution in [3.63, 3.8) is 0 Å². The summed E-state index contributed by atoms with van der Waals surface area (Å²) >= 11 is 1.28. The number of amides is 1. The number of halogens is 2. The van der Waals surface area contributed by atoms with Crippen LogP contribution in [0.2, 0.25) is 0 Å². The molecule has 2 rings (SSSR count). The summed E-state index contributed by atoms with van der Waals surface area (Å²) in [6.45, 7) is 0.274. The Kier molecular flexibility index (Phi) is 7.40. The van der Waals surface area contributed by atoms with Crippen LogP contribution in [0.25, 0.3) is 11.3 Å². The van der Waals surface area contributed by atoms with E-state index in [9.17, 15) is 9.18 Å². The molecule has 0 saturated carbocycles. The third-order valence-electron chi connectivity index (χ3n) is 2.88. The zero-order valence-corrected chi connectivity index (χ0v) is 13.5. The predicted octanol–water partition coefficient (Wildman–Crippen LogP) is 2.67. The quantitative estimate of drug-likeness (QED) is 0.843. The van der Waals surface area contributed by atoms with Crippen LogP contribution in [0.3, 0.4) is 0 Å². The van der Waals surface area contributed by atoms with Crippen molar-refractivity contribution in [2.75, 3.05) is 19.0 Å². The Bertz CT molecular complexity index is 620. The van der Waals surface area contributed by atoms with Crippen molar-refractivity contribution < 1.29 is 13.9 Å². The molecule has 3 N–H and O–H groups in total. The molecule has 1 amide bonds. The van der Waals surface area contributed by atoms with E-state index in [4.69, 9.17) is 10.5 Å². The molecule has 1 aromatic heterocycles. The summed E-state index contributed by atoms with van der Waals surface area (Å²) in [4.78, 5) is 16.1. The van der Waals surface area contributed by atoms with Crippen molar-refractivity contribution in [1.82, 2.24) is 4.98 Å². The minimum absolute atomic E-state index is 0. The van der Waals surface area contributed by atoms with Crippen molar-refractivity contribution in [1.29, 1.82) is 0 Å². The zero-order valence-electron chi connectivity index (χ0n) is 11.9. The Morgan fingerprint density at radius 1 is 1.55 bits per heavy atom. The van der Waals surface area contributed by atoms with Crippen LogP contribution in [-0.4, -0.2) is 30.6 Å². The first kappa shape index (κ1) is 18.5. The van der Waals surface area contributed by atoms with Crippen molar-refractivity contribution in [2.24, 2.45) is 5.73 Å². The van der Waals surface area contributed by atoms with E-state index in [0.717, 1.165) is 0 Å². The number of benzene rings is 1. The summed E-state index contributed by atoms with van der Waals surface area (Å²) in [5.41, 5.74) is 6.76. The fraction of sp³-hybridized carbons (Fsp3) is 0.286. The van der Waals surface area contributed by atoms with Crippen molar-refractivity contribution in [2.45, 2.75) is 12.5 Å². The average molecular weight is 346 g/mol. The van der Waals surface area contributed by atoms with Gasteiger partial charge in [0.2, 0.25) is 5.91 Å². The van der Waals surface area contributed by atoms with Gasteiger partial charge in [-0.05, 0) is 12.1 Å². The summed E-state index contributed by atoms with van der Waals surface area (Å²) in [5.74, 6) is -0.538. The van der Waals surface area contributed by atoms with E-state index in [-0.39, 0.29) is 43.2 Å². The highest BCUT2D eigenvalue weighted by molar-refractivity contribution is 7.14. The van der Waals surface area contributed by atoms with Gasteiger partial charge < -0.3 is 15.8 Å². The van der Waals surface area contributed by atoms with Crippen LogP contribution in [0.15, 0.2) is 29.6 Å². The molecule has 1 atom stereocenters. The van der Waals surface area contributed by atoms with Crippen LogP contribution in [0, 0.1) is 5.82 Å². The normalized spacial score (nSPS) is 11.6. The van der Waals surface area contributed by atoms with Gasteiger partial charge in [0.25, 0.3) is 0 Å². The Morgan fingerprint density at radius 2 is 2.32 bits per heavy atom. The van der Waals surface area contributed by atoms with Gasteiger partial charge in [0.1, 0.15) is 5.82 Å². The largest absolute Gasteiger partial charge is 0.380 e. The minimum Gasteiger partial charge on any atom is -0.380 e. The smallest absolute Gasteiger partial charge is 0.228 e. The molecule has 22 heavy (non-hydrogen) atoms. The lowest BCUT2D eigenvalue weighted by atomic mass is 10.2. The molecule has 120 valence electrons. The van der Waals surface area contributed by atoms with Crippen LogP contribution in [0.1, 0.15) is 6.42 Å². The van der Waals surface area contributed by atoms with Crippen molar-refractivity contribution >= 4 is 34.8 Å². The first-order valence-corrected chi connectivity index (χ1v) is 7.24. The molecule has 2 aromatic rings. The number of nitrogens with one attached hydrogen (secondary N) is 1. The third kappa shape index (κ3) is 5.03. The molecule has 0 aliphatic carbocycles. The molecule has 0 fully saturated rings. The summed E-state index contributed by atoms with van der Waals surface area (Å²) in [5, 5.41) is 4.91. The fourth-order valence-corrected chi connectivity index (χ4v) is 2.49. The van der Waals surface area contributed by atoms with E-state index in [0.29, 0.717) is 16.4 Å². The monoisotopic (exact) mass is 345 g/mol. The number of anilines is 1. The van der Waals surface area contributed by atoms with E-state index < -0.39 is 0 Å². The number of carbonyl (C=O) groups excluding carboxylic acids is 1. The summed E-state index contributed by atoms with van der Waals surface area (Å²) in [6, 6.07) is 6.15. The number of nitrogens with zero attached hydrogens (tertiary/aromatic N) is 1. The maximum atomic E-state index is 13.2. The molecule has 1 aromatic carbocycles. The molecule has 0 radical (unpaired) electrons. The number of thiazole rings is 1. The second-order valence-corrected chi connectivity index (χ2v) is 5.25. The van der Waals surface area contributed by atoms with Gasteiger partial charge in [0.15, 0.2) is 5.13 Å². The molecule has 1 heterocycles. The lowest BCUT2D eigenvalue weighted by Crippen LogP contribution is -2.28. The number of rotatable bonds is 6. The molecule has 1 unspecified atom stereocenters. The van der Waals surface area contributed by atoms with E-state index in [2.05, 4.69) is 10.3 Å². The highest BCUT2D eigenvalue weighted by Gasteiger charge is 2.13. The molecule has 0 saturated heterocycles. The zero-order chi connectivity index (χ0) is 15.2. The summed E-state index contributed by atoms with van der Waals surface area (Å²) in [7, 11) is 1.51. The van der Waals surface area contributed by atoms with Gasteiger partial charge >= 0.3 is 0 Å². The van der Waals surface area contributed by atoms with E-state index in [1.807, 2.05) is 0 Å². The molecule has 0 aliphatic heterocycles. The lowest BCUT2D eigenvalue weighted by molar-refractivity contribution is -0.118. The van der Waals surface area contributed by atoms with Crippen LogP contribution < -0.4 is 11.1 Å². The van der Waals surface area contributed by atoms with E-state index in [1.54, 1.807) is 17.5 Å². The Hall–Kier alpha value is -1.54. The molecule has 5 nitrogen and oxygen atoms in total. The van der Waals surface area contributed by atoms with Gasteiger partial charge in [-0.2, -0.15) is 0 Å². The number of hydrogen-bond donors (Lipinski definition) is 2. The average Bonchev–Trinajstić information content (AvgIpc) is 2.93. The molecular formula is C14H17ClFN3O2S. The maximum absolute atomic E-state index is 13.2. The van der Waals surface area contributed by atoms with Gasteiger partial charge in [-0.15, -0.1) is 23.7 Å². The predicted molar refractivity (Wildman–Crippen MR) is 87.9 cm³/mol. The van der Waals surface area contributed by atoms with Crippen LogP contribution in [-0.2, 0) is 9.53 Å². The van der Waals surface area contributed by atoms with Gasteiger partial charge in [0.05, 0.1) is 18.2 Å². The Labute approximate surface area is 138 Å². The number of nitrogens with two attached hydrogens (primary N) is 1. The minimum atomic E-state index is -0.322. The van der Waals surface area contributed by atoms with E-state index >= 15 is 0 Å². The molecule has 0 aliphatic rings. The van der Waals surface area contributed by atoms with Gasteiger partial charge in [-0.1, -0.05) is 12.1 Å². The SMILES string of the molecule is COC(CN)CC(=O)Nc1nc(-c2cccc(F)c2)cs1.Cl. The highest BCUT2D eigenvalue weighted by atomic mass is 35.5. The highest BCUT2D eigenvalue weighted by Crippen LogP contribution is 2.25. The summed E-state index contributed by atoms with van der Waals surface area (Å²) in [6.07, 6.45) is -0.144. The lowest BCUT2D eigenvalue weighted by Gasteiger charge is -2.11. The number of carbonyl (C=O) groups is 1. The molecule has 0 bridgehead atoms. The Morgan fingerprint density at radius 3 is 2.95 bits per heavy atom. The maximum Gasteiger partial charge on any atom is 0.228 e. The van der Waals surface area contributed by atoms with Crippen molar-refractivity contribution in [3.05, 3.63) is 35.5 Å². The Balaban J connectivity index is 0.00000242. The second-order valence-electron chi connectivity index (χ2n) is 4.39. The third-order valence-corrected chi connectivity index (χ3v) is 3.64. The van der Waals surface area contributed by atoms with Crippen LogP contribution >= 0.6 is 23.7 Å². The number of hydrogen-bond acceptors (Lipinski definition) is 5. The second kappa shape index (κ2) is 8.79. The topological polar surface area (TPSA) is 77.2 Å². The number of ether oxygens (including phenoxy) is 1. The molecular weight excluding hydrogens is 329 g/mol. The van der Waals surface area contributed by atoms with E-state index in [1.165, 1.54) is 30.6 Å². The molecule has 0 spiro atoms. The van der Waals surface area contributed by atoms with Crippen LogP contribution in [0.4, 0.5) is 9.52 Å². The van der Waals surface area contributed by atoms with Gasteiger partial charge in [-0.25, -0.2) is 9.37 Å². The van der Waals surface area contributed by atoms with Gasteiger partial charge in [0, 0.05) is 24.6 Å². The number of aromatic nitrogens is 1. The summed E-state index contributed by atoms with van der Waals surface area (Å²) < 4.78 is 18.2. The fourth-order valence-electron chi connectivity index (χ4n) is 1.75. The first-order chi connectivity index (χ1) is 10.1.